The van der Waals surface area contributed by atoms with Crippen molar-refractivity contribution in [3.8, 4) is 0 Å². The third-order valence-electron chi connectivity index (χ3n) is 1.31. The molecule has 1 aromatic carbocycles. The summed E-state index contributed by atoms with van der Waals surface area (Å²) in [5.41, 5.74) is 6.26. The molecule has 0 aliphatic rings. The highest BCUT2D eigenvalue weighted by Crippen LogP contribution is 2.18. The molecule has 0 saturated heterocycles. The van der Waals surface area contributed by atoms with Gasteiger partial charge in [-0.15, -0.1) is 0 Å². The number of hydrogen-bond acceptors (Lipinski definition) is 1. The first-order chi connectivity index (χ1) is 5.15. The Labute approximate surface area is 91.8 Å². The molecule has 0 radical (unpaired) electrons. The largest absolute Gasteiger partial charge is 0.326 e. The van der Waals surface area contributed by atoms with E-state index in [1.807, 2.05) is 22.6 Å². The normalized spacial score (nSPS) is 10.2. The van der Waals surface area contributed by atoms with Gasteiger partial charge in [-0.25, -0.2) is 4.39 Å². The molecule has 0 unspecified atom stereocenters. The van der Waals surface area contributed by atoms with Crippen molar-refractivity contribution < 1.29 is 4.39 Å². The maximum atomic E-state index is 12.9. The van der Waals surface area contributed by atoms with Gasteiger partial charge in [-0.05, 0) is 62.9 Å². The second kappa shape index (κ2) is 3.99. The third kappa shape index (κ3) is 2.25. The Bertz CT molecular complexity index is 275. The van der Waals surface area contributed by atoms with Crippen LogP contribution in [0.1, 0.15) is 5.56 Å². The Morgan fingerprint density at radius 2 is 1.91 bits per heavy atom. The van der Waals surface area contributed by atoms with E-state index in [0.29, 0.717) is 10.1 Å². The van der Waals surface area contributed by atoms with Crippen LogP contribution in [0.5, 0.6) is 0 Å². The number of nitrogens with two attached hydrogens (primary N) is 1. The quantitative estimate of drug-likeness (QED) is 0.591. The molecule has 0 fully saturated rings. The lowest BCUT2D eigenvalue weighted by Crippen LogP contribution is -2.00. The maximum Gasteiger partial charge on any atom is 0.136 e. The van der Waals surface area contributed by atoms with Crippen molar-refractivity contribution in [1.29, 1.82) is 0 Å². The minimum Gasteiger partial charge on any atom is -0.326 e. The van der Waals surface area contributed by atoms with Crippen LogP contribution in [-0.4, -0.2) is 0 Å². The Morgan fingerprint density at radius 1 is 1.27 bits per heavy atom. The predicted molar refractivity (Wildman–Crippen MR) is 59.7 cm³/mol. The summed E-state index contributed by atoms with van der Waals surface area (Å²) < 4.78 is 14.5. The van der Waals surface area contributed by atoms with Crippen molar-refractivity contribution in [2.75, 3.05) is 0 Å². The minimum atomic E-state index is -0.188. The minimum absolute atomic E-state index is 0.188. The SMILES string of the molecule is NCc1cc(F)c(I)cc1I. The van der Waals surface area contributed by atoms with Crippen LogP contribution in [0.3, 0.4) is 0 Å². The zero-order chi connectivity index (χ0) is 8.43. The fraction of sp³-hybridized carbons (Fsp3) is 0.143. The standard InChI is InChI=1S/C7H6FI2N/c8-5-1-4(3-11)6(9)2-7(5)10/h1-2H,3,11H2. The smallest absolute Gasteiger partial charge is 0.136 e. The van der Waals surface area contributed by atoms with Crippen LogP contribution in [0, 0.1) is 13.0 Å². The van der Waals surface area contributed by atoms with Crippen molar-refractivity contribution in [1.82, 2.24) is 0 Å². The maximum absolute atomic E-state index is 12.9. The van der Waals surface area contributed by atoms with Gasteiger partial charge in [-0.2, -0.15) is 0 Å². The van der Waals surface area contributed by atoms with Crippen LogP contribution in [0.25, 0.3) is 0 Å². The van der Waals surface area contributed by atoms with Crippen molar-refractivity contribution in [2.45, 2.75) is 6.54 Å². The molecule has 0 bridgehead atoms. The molecule has 0 saturated carbocycles. The van der Waals surface area contributed by atoms with E-state index in [9.17, 15) is 4.39 Å². The summed E-state index contributed by atoms with van der Waals surface area (Å²) in [5.74, 6) is -0.188. The summed E-state index contributed by atoms with van der Waals surface area (Å²) in [6.07, 6.45) is 0. The van der Waals surface area contributed by atoms with E-state index in [-0.39, 0.29) is 5.82 Å². The highest BCUT2D eigenvalue weighted by molar-refractivity contribution is 14.1. The fourth-order valence-electron chi connectivity index (χ4n) is 0.720. The van der Waals surface area contributed by atoms with Crippen LogP contribution in [0.4, 0.5) is 4.39 Å². The van der Waals surface area contributed by atoms with Gasteiger partial charge < -0.3 is 5.73 Å². The van der Waals surface area contributed by atoms with Crippen molar-refractivity contribution >= 4 is 45.2 Å². The molecule has 4 heteroatoms. The van der Waals surface area contributed by atoms with Gasteiger partial charge in [0, 0.05) is 13.7 Å². The van der Waals surface area contributed by atoms with Gasteiger partial charge in [0.1, 0.15) is 5.82 Å². The topological polar surface area (TPSA) is 26.0 Å². The molecule has 0 aromatic heterocycles. The molecular weight excluding hydrogens is 371 g/mol. The Hall–Kier alpha value is 0.570. The second-order valence-corrected chi connectivity index (χ2v) is 4.39. The van der Waals surface area contributed by atoms with E-state index in [2.05, 4.69) is 22.6 Å². The molecule has 0 spiro atoms. The predicted octanol–water partition coefficient (Wildman–Crippen LogP) is 2.49. The van der Waals surface area contributed by atoms with Gasteiger partial charge in [0.2, 0.25) is 0 Å². The fourth-order valence-corrected chi connectivity index (χ4v) is 2.47. The van der Waals surface area contributed by atoms with Crippen LogP contribution >= 0.6 is 45.2 Å². The molecule has 0 heterocycles. The number of halogens is 3. The Balaban J connectivity index is 3.21. The molecule has 0 atom stereocenters. The molecule has 0 aliphatic heterocycles. The molecule has 1 nitrogen and oxygen atoms in total. The second-order valence-electron chi connectivity index (χ2n) is 2.06. The van der Waals surface area contributed by atoms with Crippen molar-refractivity contribution in [3.05, 3.63) is 30.7 Å². The third-order valence-corrected chi connectivity index (χ3v) is 3.14. The van der Waals surface area contributed by atoms with E-state index < -0.39 is 0 Å². The van der Waals surface area contributed by atoms with E-state index in [1.165, 1.54) is 6.07 Å². The van der Waals surface area contributed by atoms with Gasteiger partial charge in [0.15, 0.2) is 0 Å². The summed E-state index contributed by atoms with van der Waals surface area (Å²) in [6.45, 7) is 0.395. The Morgan fingerprint density at radius 3 is 2.45 bits per heavy atom. The monoisotopic (exact) mass is 377 g/mol. The zero-order valence-corrected chi connectivity index (χ0v) is 9.89. The van der Waals surface area contributed by atoms with Crippen LogP contribution in [-0.2, 0) is 6.54 Å². The summed E-state index contributed by atoms with van der Waals surface area (Å²) in [6, 6.07) is 3.28. The lowest BCUT2D eigenvalue weighted by atomic mass is 10.2. The highest BCUT2D eigenvalue weighted by atomic mass is 127. The van der Waals surface area contributed by atoms with E-state index >= 15 is 0 Å². The van der Waals surface area contributed by atoms with E-state index in [0.717, 1.165) is 9.13 Å². The molecule has 11 heavy (non-hydrogen) atoms. The van der Waals surface area contributed by atoms with Crippen LogP contribution in [0.15, 0.2) is 12.1 Å². The molecular formula is C7H6FI2N. The van der Waals surface area contributed by atoms with Gasteiger partial charge in [0.25, 0.3) is 0 Å². The summed E-state index contributed by atoms with van der Waals surface area (Å²) in [5, 5.41) is 0. The molecule has 2 N–H and O–H groups in total. The van der Waals surface area contributed by atoms with Gasteiger partial charge >= 0.3 is 0 Å². The van der Waals surface area contributed by atoms with Crippen molar-refractivity contribution in [2.24, 2.45) is 5.73 Å². The molecule has 0 amide bonds. The van der Waals surface area contributed by atoms with E-state index in [4.69, 9.17) is 5.73 Å². The molecule has 1 aromatic rings. The van der Waals surface area contributed by atoms with Crippen LogP contribution < -0.4 is 5.73 Å². The first kappa shape index (κ1) is 9.66. The van der Waals surface area contributed by atoms with E-state index in [1.54, 1.807) is 6.07 Å². The van der Waals surface area contributed by atoms with Gasteiger partial charge in [0.05, 0.1) is 0 Å². The van der Waals surface area contributed by atoms with Crippen LogP contribution in [0.2, 0.25) is 0 Å². The van der Waals surface area contributed by atoms with Gasteiger partial charge in [-0.3, -0.25) is 0 Å². The molecule has 60 valence electrons. The average Bonchev–Trinajstić information content (AvgIpc) is 1.97. The molecule has 0 aliphatic carbocycles. The van der Waals surface area contributed by atoms with Gasteiger partial charge in [-0.1, -0.05) is 0 Å². The zero-order valence-electron chi connectivity index (χ0n) is 5.57. The lowest BCUT2D eigenvalue weighted by molar-refractivity contribution is 0.617. The highest BCUT2D eigenvalue weighted by Gasteiger charge is 2.03. The first-order valence-electron chi connectivity index (χ1n) is 2.98. The lowest BCUT2D eigenvalue weighted by Gasteiger charge is -2.02. The summed E-state index contributed by atoms with van der Waals surface area (Å²) in [4.78, 5) is 0. The first-order valence-corrected chi connectivity index (χ1v) is 5.14. The Kier molecular flexibility index (Phi) is 3.51. The summed E-state index contributed by atoms with van der Waals surface area (Å²) >= 11 is 4.11. The summed E-state index contributed by atoms with van der Waals surface area (Å²) in [7, 11) is 0. The number of rotatable bonds is 1. The average molecular weight is 377 g/mol. The number of hydrogen-bond donors (Lipinski definition) is 1. The molecule has 1 rings (SSSR count). The van der Waals surface area contributed by atoms with Crippen molar-refractivity contribution in [3.63, 3.8) is 0 Å². The number of benzene rings is 1.